The minimum atomic E-state index is -0.567. The molecule has 2 N–H and O–H groups in total. The number of rotatable bonds is 4. The summed E-state index contributed by atoms with van der Waals surface area (Å²) in [7, 11) is 2.97. The van der Waals surface area contributed by atoms with E-state index in [1.165, 1.54) is 31.6 Å². The van der Waals surface area contributed by atoms with Crippen molar-refractivity contribution in [2.75, 3.05) is 14.2 Å². The van der Waals surface area contributed by atoms with Gasteiger partial charge in [-0.25, -0.2) is 4.39 Å². The molecule has 0 aliphatic heterocycles. The highest BCUT2D eigenvalue weighted by Crippen LogP contribution is 2.39. The van der Waals surface area contributed by atoms with Gasteiger partial charge in [-0.3, -0.25) is 0 Å². The molecule has 0 saturated heterocycles. The lowest BCUT2D eigenvalue weighted by Crippen LogP contribution is -2.12. The van der Waals surface area contributed by atoms with E-state index in [2.05, 4.69) is 31.9 Å². The maximum Gasteiger partial charge on any atom is 0.163 e. The second-order valence-electron chi connectivity index (χ2n) is 3.98. The van der Waals surface area contributed by atoms with Crippen molar-refractivity contribution in [1.82, 2.24) is 0 Å². The SMILES string of the molecule is COc1cc(F)c(C(N)c2cc(Br)c(Br)s2)cc1OC. The summed E-state index contributed by atoms with van der Waals surface area (Å²) < 4.78 is 26.2. The van der Waals surface area contributed by atoms with E-state index in [0.29, 0.717) is 17.1 Å². The molecule has 0 radical (unpaired) electrons. The molecule has 0 amide bonds. The molecule has 1 unspecified atom stereocenters. The molecule has 7 heteroatoms. The molecule has 0 saturated carbocycles. The van der Waals surface area contributed by atoms with Gasteiger partial charge in [-0.05, 0) is 44.0 Å². The molecule has 1 aromatic carbocycles. The van der Waals surface area contributed by atoms with E-state index >= 15 is 0 Å². The van der Waals surface area contributed by atoms with E-state index in [0.717, 1.165) is 13.1 Å². The normalized spacial score (nSPS) is 12.3. The number of hydrogen-bond donors (Lipinski definition) is 1. The Balaban J connectivity index is 2.46. The lowest BCUT2D eigenvalue weighted by atomic mass is 10.0. The molecule has 0 aliphatic carbocycles. The molecule has 0 aliphatic rings. The first-order valence-corrected chi connectivity index (χ1v) is 8.00. The van der Waals surface area contributed by atoms with Crippen molar-refractivity contribution in [2.45, 2.75) is 6.04 Å². The van der Waals surface area contributed by atoms with Gasteiger partial charge >= 0.3 is 0 Å². The largest absolute Gasteiger partial charge is 0.493 e. The number of methoxy groups -OCH3 is 2. The molecule has 0 spiro atoms. The van der Waals surface area contributed by atoms with Gasteiger partial charge in [0, 0.05) is 21.0 Å². The average Bonchev–Trinajstić information content (AvgIpc) is 2.77. The third kappa shape index (κ3) is 3.00. The Morgan fingerprint density at radius 3 is 2.25 bits per heavy atom. The zero-order valence-electron chi connectivity index (χ0n) is 10.7. The first-order valence-electron chi connectivity index (χ1n) is 5.59. The number of nitrogens with two attached hydrogens (primary N) is 1. The standard InChI is InChI=1S/C13H12Br2FNO2S/c1-18-9-3-6(8(16)5-10(9)19-2)12(17)11-4-7(14)13(15)20-11/h3-5,12H,17H2,1-2H3. The number of benzene rings is 1. The van der Waals surface area contributed by atoms with Crippen LogP contribution < -0.4 is 15.2 Å². The predicted molar refractivity (Wildman–Crippen MR) is 85.3 cm³/mol. The fraction of sp³-hybridized carbons (Fsp3) is 0.231. The Morgan fingerprint density at radius 2 is 1.75 bits per heavy atom. The Labute approximate surface area is 137 Å². The van der Waals surface area contributed by atoms with Crippen LogP contribution in [0.1, 0.15) is 16.5 Å². The van der Waals surface area contributed by atoms with Crippen molar-refractivity contribution in [3.8, 4) is 11.5 Å². The average molecular weight is 425 g/mol. The van der Waals surface area contributed by atoms with E-state index in [9.17, 15) is 4.39 Å². The molecule has 0 fully saturated rings. The van der Waals surface area contributed by atoms with Crippen LogP contribution in [-0.4, -0.2) is 14.2 Å². The first-order chi connectivity index (χ1) is 9.47. The van der Waals surface area contributed by atoms with Crippen LogP contribution >= 0.6 is 43.2 Å². The topological polar surface area (TPSA) is 44.5 Å². The van der Waals surface area contributed by atoms with Crippen molar-refractivity contribution in [2.24, 2.45) is 5.73 Å². The summed E-state index contributed by atoms with van der Waals surface area (Å²) in [6, 6.07) is 4.16. The third-order valence-corrected chi connectivity index (χ3v) is 6.15. The lowest BCUT2D eigenvalue weighted by molar-refractivity contribution is 0.351. The molecule has 1 aromatic heterocycles. The zero-order chi connectivity index (χ0) is 14.9. The molecule has 1 heterocycles. The molecule has 2 rings (SSSR count). The summed E-state index contributed by atoms with van der Waals surface area (Å²) in [5.41, 5.74) is 6.51. The highest BCUT2D eigenvalue weighted by Gasteiger charge is 2.20. The highest BCUT2D eigenvalue weighted by atomic mass is 79.9. The molecule has 0 bridgehead atoms. The quantitative estimate of drug-likeness (QED) is 0.786. The number of halogens is 3. The van der Waals surface area contributed by atoms with Crippen LogP contribution in [0.3, 0.4) is 0 Å². The molecular weight excluding hydrogens is 413 g/mol. The summed E-state index contributed by atoms with van der Waals surface area (Å²) in [6.07, 6.45) is 0. The molecule has 3 nitrogen and oxygen atoms in total. The first kappa shape index (κ1) is 15.8. The van der Waals surface area contributed by atoms with Gasteiger partial charge < -0.3 is 15.2 Å². The van der Waals surface area contributed by atoms with Crippen molar-refractivity contribution < 1.29 is 13.9 Å². The Kier molecular flexibility index (Phi) is 5.06. The van der Waals surface area contributed by atoms with Crippen LogP contribution in [0.5, 0.6) is 11.5 Å². The van der Waals surface area contributed by atoms with Crippen LogP contribution in [0, 0.1) is 5.82 Å². The van der Waals surface area contributed by atoms with Crippen molar-refractivity contribution in [3.05, 3.63) is 42.7 Å². The van der Waals surface area contributed by atoms with Gasteiger partial charge in [-0.1, -0.05) is 0 Å². The van der Waals surface area contributed by atoms with Crippen molar-refractivity contribution >= 4 is 43.2 Å². The predicted octanol–water partition coefficient (Wildman–Crippen LogP) is 4.48. The van der Waals surface area contributed by atoms with Crippen LogP contribution in [0.4, 0.5) is 4.39 Å². The van der Waals surface area contributed by atoms with Crippen LogP contribution in [0.2, 0.25) is 0 Å². The maximum absolute atomic E-state index is 14.2. The number of ether oxygens (including phenoxy) is 2. The zero-order valence-corrected chi connectivity index (χ0v) is 14.7. The molecule has 2 aromatic rings. The summed E-state index contributed by atoms with van der Waals surface area (Å²) in [4.78, 5) is 0.842. The molecule has 1 atom stereocenters. The lowest BCUT2D eigenvalue weighted by Gasteiger charge is -2.15. The summed E-state index contributed by atoms with van der Waals surface area (Å²) in [5.74, 6) is 0.374. The van der Waals surface area contributed by atoms with Crippen molar-refractivity contribution in [3.63, 3.8) is 0 Å². The Bertz CT molecular complexity index is 614. The molecule has 108 valence electrons. The fourth-order valence-electron chi connectivity index (χ4n) is 1.78. The third-order valence-electron chi connectivity index (χ3n) is 2.81. The highest BCUT2D eigenvalue weighted by molar-refractivity contribution is 9.13. The second-order valence-corrected chi connectivity index (χ2v) is 7.23. The molecular formula is C13H12Br2FNO2S. The fourth-order valence-corrected chi connectivity index (χ4v) is 3.89. The van der Waals surface area contributed by atoms with Gasteiger partial charge in [0.1, 0.15) is 5.82 Å². The summed E-state index contributed by atoms with van der Waals surface area (Å²) >= 11 is 8.26. The smallest absolute Gasteiger partial charge is 0.163 e. The van der Waals surface area contributed by atoms with Gasteiger partial charge in [-0.2, -0.15) is 0 Å². The summed E-state index contributed by atoms with van der Waals surface area (Å²) in [5, 5.41) is 0. The van der Waals surface area contributed by atoms with Gasteiger partial charge in [0.15, 0.2) is 11.5 Å². The Morgan fingerprint density at radius 1 is 1.15 bits per heavy atom. The molecule has 20 heavy (non-hydrogen) atoms. The van der Waals surface area contributed by atoms with Gasteiger partial charge in [-0.15, -0.1) is 11.3 Å². The van der Waals surface area contributed by atoms with E-state index in [4.69, 9.17) is 15.2 Å². The maximum atomic E-state index is 14.2. The minimum Gasteiger partial charge on any atom is -0.493 e. The van der Waals surface area contributed by atoms with Gasteiger partial charge in [0.05, 0.1) is 24.0 Å². The van der Waals surface area contributed by atoms with Crippen LogP contribution in [-0.2, 0) is 0 Å². The van der Waals surface area contributed by atoms with E-state index in [-0.39, 0.29) is 0 Å². The van der Waals surface area contributed by atoms with Gasteiger partial charge in [0.2, 0.25) is 0 Å². The van der Waals surface area contributed by atoms with E-state index in [1.807, 2.05) is 6.07 Å². The van der Waals surface area contributed by atoms with Crippen LogP contribution in [0.15, 0.2) is 26.5 Å². The van der Waals surface area contributed by atoms with E-state index < -0.39 is 11.9 Å². The van der Waals surface area contributed by atoms with Crippen molar-refractivity contribution in [1.29, 1.82) is 0 Å². The van der Waals surface area contributed by atoms with Crippen LogP contribution in [0.25, 0.3) is 0 Å². The monoisotopic (exact) mass is 423 g/mol. The second kappa shape index (κ2) is 6.43. The Hall–Kier alpha value is -0.630. The summed E-state index contributed by atoms with van der Waals surface area (Å²) in [6.45, 7) is 0. The van der Waals surface area contributed by atoms with E-state index in [1.54, 1.807) is 6.07 Å². The number of hydrogen-bond acceptors (Lipinski definition) is 4. The number of thiophene rings is 1. The van der Waals surface area contributed by atoms with Gasteiger partial charge in [0.25, 0.3) is 0 Å². The minimum absolute atomic E-state index is 0.342.